The van der Waals surface area contributed by atoms with Gasteiger partial charge in [0.05, 0.1) is 25.7 Å². The monoisotopic (exact) mass is 501 g/mol. The third-order valence-electron chi connectivity index (χ3n) is 4.78. The minimum absolute atomic E-state index is 0.0226. The normalized spacial score (nSPS) is 10.8. The van der Waals surface area contributed by atoms with Crippen molar-refractivity contribution < 1.29 is 23.5 Å². The fraction of sp³-hybridized carbons (Fsp3) is 0.280. The van der Waals surface area contributed by atoms with Crippen LogP contribution in [0.15, 0.2) is 53.5 Å². The summed E-state index contributed by atoms with van der Waals surface area (Å²) in [4.78, 5) is 41.4. The minimum Gasteiger partial charge on any atom is -0.488 e. The van der Waals surface area contributed by atoms with E-state index in [2.05, 4.69) is 10.3 Å². The van der Waals surface area contributed by atoms with Crippen LogP contribution in [0.2, 0.25) is 5.02 Å². The lowest BCUT2D eigenvalue weighted by Crippen LogP contribution is -2.30. The molecule has 10 heteroatoms. The number of halogens is 2. The molecular weight excluding hydrogens is 477 g/mol. The van der Waals surface area contributed by atoms with E-state index >= 15 is 0 Å². The number of carbonyl (C=O) groups excluding carboxylic acids is 2. The number of carbonyl (C=O) groups is 2. The third kappa shape index (κ3) is 6.89. The SMILES string of the molecule is CCOC(=O)C(=O)Cc1cnc(Nc2ccc(OC(C)C)c(F)c2)n(Cc2ccc(Cl)cc2)c1=O. The van der Waals surface area contributed by atoms with Crippen molar-refractivity contribution in [3.05, 3.63) is 81.0 Å². The largest absolute Gasteiger partial charge is 0.488 e. The molecule has 3 aromatic rings. The number of ether oxygens (including phenoxy) is 2. The number of benzene rings is 2. The molecule has 0 atom stereocenters. The number of anilines is 2. The molecule has 8 nitrogen and oxygen atoms in total. The molecule has 35 heavy (non-hydrogen) atoms. The number of esters is 1. The average Bonchev–Trinajstić information content (AvgIpc) is 2.81. The van der Waals surface area contributed by atoms with Gasteiger partial charge in [0.15, 0.2) is 11.6 Å². The lowest BCUT2D eigenvalue weighted by atomic mass is 10.1. The quantitative estimate of drug-likeness (QED) is 0.327. The van der Waals surface area contributed by atoms with E-state index in [0.29, 0.717) is 10.7 Å². The van der Waals surface area contributed by atoms with Crippen LogP contribution in [0.1, 0.15) is 31.9 Å². The van der Waals surface area contributed by atoms with Gasteiger partial charge in [-0.1, -0.05) is 23.7 Å². The highest BCUT2D eigenvalue weighted by Crippen LogP contribution is 2.24. The van der Waals surface area contributed by atoms with Gasteiger partial charge in [0.2, 0.25) is 11.7 Å². The second-order valence-corrected chi connectivity index (χ2v) is 8.32. The third-order valence-corrected chi connectivity index (χ3v) is 5.03. The van der Waals surface area contributed by atoms with Gasteiger partial charge < -0.3 is 14.8 Å². The van der Waals surface area contributed by atoms with Crippen LogP contribution >= 0.6 is 11.6 Å². The summed E-state index contributed by atoms with van der Waals surface area (Å²) in [5.41, 5.74) is 0.567. The molecule has 0 saturated heterocycles. The molecule has 0 aliphatic carbocycles. The maximum Gasteiger partial charge on any atom is 0.374 e. The Balaban J connectivity index is 1.96. The molecule has 0 spiro atoms. The van der Waals surface area contributed by atoms with Crippen molar-refractivity contribution in [1.82, 2.24) is 9.55 Å². The van der Waals surface area contributed by atoms with Crippen LogP contribution in [0.3, 0.4) is 0 Å². The Bertz CT molecular complexity index is 1280. The van der Waals surface area contributed by atoms with Crippen LogP contribution in [0, 0.1) is 5.82 Å². The maximum atomic E-state index is 14.5. The van der Waals surface area contributed by atoms with Gasteiger partial charge in [-0.05, 0) is 50.6 Å². The summed E-state index contributed by atoms with van der Waals surface area (Å²) in [6, 6.07) is 11.1. The fourth-order valence-electron chi connectivity index (χ4n) is 3.19. The molecule has 0 fully saturated rings. The van der Waals surface area contributed by atoms with E-state index in [1.807, 2.05) is 0 Å². The Morgan fingerprint density at radius 1 is 1.17 bits per heavy atom. The predicted octanol–water partition coefficient (Wildman–Crippen LogP) is 4.29. The average molecular weight is 502 g/mol. The summed E-state index contributed by atoms with van der Waals surface area (Å²) in [6.07, 6.45) is 0.563. The maximum absolute atomic E-state index is 14.5. The lowest BCUT2D eigenvalue weighted by molar-refractivity contribution is -0.153. The van der Waals surface area contributed by atoms with Crippen molar-refractivity contribution in [3.63, 3.8) is 0 Å². The first-order valence-corrected chi connectivity index (χ1v) is 11.3. The number of hydrogen-bond donors (Lipinski definition) is 1. The summed E-state index contributed by atoms with van der Waals surface area (Å²) < 4.78 is 25.9. The second-order valence-electron chi connectivity index (χ2n) is 7.88. The zero-order valence-corrected chi connectivity index (χ0v) is 20.3. The topological polar surface area (TPSA) is 99.5 Å². The first-order valence-electron chi connectivity index (χ1n) is 10.9. The highest BCUT2D eigenvalue weighted by molar-refractivity contribution is 6.34. The van der Waals surface area contributed by atoms with E-state index in [0.717, 1.165) is 5.56 Å². The van der Waals surface area contributed by atoms with Crippen molar-refractivity contribution in [2.75, 3.05) is 11.9 Å². The van der Waals surface area contributed by atoms with Crippen LogP contribution in [-0.2, 0) is 27.3 Å². The van der Waals surface area contributed by atoms with Crippen LogP contribution in [-0.4, -0.2) is 34.0 Å². The molecule has 0 saturated carbocycles. The standard InChI is InChI=1S/C25H25ClFN3O5/c1-4-34-24(33)21(31)11-17-13-28-25(29-19-9-10-22(20(27)12-19)35-15(2)3)30(23(17)32)14-16-5-7-18(26)8-6-16/h5-10,12-13,15H,4,11,14H2,1-3H3,(H,28,29). The van der Waals surface area contributed by atoms with Crippen molar-refractivity contribution in [2.45, 2.75) is 39.8 Å². The lowest BCUT2D eigenvalue weighted by Gasteiger charge is -2.16. The smallest absolute Gasteiger partial charge is 0.374 e. The van der Waals surface area contributed by atoms with E-state index in [1.54, 1.807) is 51.1 Å². The van der Waals surface area contributed by atoms with Crippen molar-refractivity contribution in [3.8, 4) is 5.75 Å². The number of hydrogen-bond acceptors (Lipinski definition) is 7. The molecule has 0 unspecified atom stereocenters. The summed E-state index contributed by atoms with van der Waals surface area (Å²) in [5, 5.41) is 3.48. The van der Waals surface area contributed by atoms with E-state index in [9.17, 15) is 18.8 Å². The molecule has 1 N–H and O–H groups in total. The number of aromatic nitrogens is 2. The fourth-order valence-corrected chi connectivity index (χ4v) is 3.31. The zero-order valence-electron chi connectivity index (χ0n) is 19.5. The van der Waals surface area contributed by atoms with Gasteiger partial charge in [-0.15, -0.1) is 0 Å². The Morgan fingerprint density at radius 2 is 1.89 bits per heavy atom. The number of rotatable bonds is 10. The molecule has 1 aromatic heterocycles. The Hall–Kier alpha value is -3.72. The van der Waals surface area contributed by atoms with Gasteiger partial charge in [0.1, 0.15) is 0 Å². The molecule has 3 rings (SSSR count). The number of Topliss-reactive ketones (excluding diaryl/α,β-unsaturated/α-hetero) is 1. The Labute approximate surface area is 206 Å². The molecule has 0 aliphatic heterocycles. The number of nitrogens with one attached hydrogen (secondary N) is 1. The number of nitrogens with zero attached hydrogens (tertiary/aromatic N) is 2. The van der Waals surface area contributed by atoms with Gasteiger partial charge >= 0.3 is 5.97 Å². The number of ketones is 1. The van der Waals surface area contributed by atoms with E-state index in [-0.39, 0.29) is 36.5 Å². The van der Waals surface area contributed by atoms with Crippen molar-refractivity contribution in [1.29, 1.82) is 0 Å². The molecule has 0 amide bonds. The van der Waals surface area contributed by atoms with Crippen LogP contribution in [0.4, 0.5) is 16.0 Å². The summed E-state index contributed by atoms with van der Waals surface area (Å²) in [5.74, 6) is -2.23. The van der Waals surface area contributed by atoms with Crippen LogP contribution in [0.25, 0.3) is 0 Å². The highest BCUT2D eigenvalue weighted by Gasteiger charge is 2.20. The summed E-state index contributed by atoms with van der Waals surface area (Å²) >= 11 is 5.96. The summed E-state index contributed by atoms with van der Waals surface area (Å²) in [6.45, 7) is 5.29. The first kappa shape index (κ1) is 25.9. The van der Waals surface area contributed by atoms with Crippen molar-refractivity contribution in [2.24, 2.45) is 0 Å². The van der Waals surface area contributed by atoms with E-state index in [1.165, 1.54) is 22.9 Å². The van der Waals surface area contributed by atoms with Gasteiger partial charge in [-0.3, -0.25) is 14.2 Å². The Kier molecular flexibility index (Phi) is 8.59. The van der Waals surface area contributed by atoms with Crippen molar-refractivity contribution >= 4 is 35.0 Å². The van der Waals surface area contributed by atoms with Gasteiger partial charge in [-0.2, -0.15) is 0 Å². The summed E-state index contributed by atoms with van der Waals surface area (Å²) in [7, 11) is 0. The molecule has 184 valence electrons. The predicted molar refractivity (Wildman–Crippen MR) is 130 cm³/mol. The van der Waals surface area contributed by atoms with Gasteiger partial charge in [0, 0.05) is 28.5 Å². The molecule has 2 aromatic carbocycles. The molecular formula is C25H25ClFN3O5. The highest BCUT2D eigenvalue weighted by atomic mass is 35.5. The first-order chi connectivity index (χ1) is 16.7. The second kappa shape index (κ2) is 11.6. The molecule has 0 bridgehead atoms. The van der Waals surface area contributed by atoms with E-state index in [4.69, 9.17) is 21.1 Å². The van der Waals surface area contributed by atoms with E-state index < -0.39 is 29.5 Å². The van der Waals surface area contributed by atoms with Crippen LogP contribution < -0.4 is 15.6 Å². The molecule has 1 heterocycles. The van der Waals surface area contributed by atoms with Gasteiger partial charge in [-0.25, -0.2) is 14.2 Å². The Morgan fingerprint density at radius 3 is 2.51 bits per heavy atom. The minimum atomic E-state index is -1.02. The van der Waals surface area contributed by atoms with Gasteiger partial charge in [0.25, 0.3) is 5.56 Å². The van der Waals surface area contributed by atoms with Crippen LogP contribution in [0.5, 0.6) is 5.75 Å². The molecule has 0 aliphatic rings. The zero-order chi connectivity index (χ0) is 25.5. The molecule has 0 radical (unpaired) electrons.